The van der Waals surface area contributed by atoms with Gasteiger partial charge in [0.15, 0.2) is 0 Å². The van der Waals surface area contributed by atoms with Crippen molar-refractivity contribution in [3.8, 4) is 0 Å². The second-order valence-electron chi connectivity index (χ2n) is 3.66. The summed E-state index contributed by atoms with van der Waals surface area (Å²) in [6, 6.07) is 8.88. The van der Waals surface area contributed by atoms with Crippen molar-refractivity contribution in [2.75, 3.05) is 12.8 Å². The van der Waals surface area contributed by atoms with E-state index in [-0.39, 0.29) is 0 Å². The first-order valence-electron chi connectivity index (χ1n) is 5.37. The van der Waals surface area contributed by atoms with Crippen molar-refractivity contribution in [1.82, 2.24) is 4.98 Å². The highest BCUT2D eigenvalue weighted by molar-refractivity contribution is 9.10. The maximum atomic E-state index is 11.4. The summed E-state index contributed by atoms with van der Waals surface area (Å²) in [5.41, 5.74) is 6.89. The molecule has 0 amide bonds. The molecular formula is C13H11BrN2O2S. The average molecular weight is 339 g/mol. The molecule has 0 atom stereocenters. The van der Waals surface area contributed by atoms with Gasteiger partial charge in [0, 0.05) is 21.3 Å². The molecule has 0 aliphatic carbocycles. The van der Waals surface area contributed by atoms with Crippen LogP contribution in [0, 0.1) is 0 Å². The van der Waals surface area contributed by atoms with Gasteiger partial charge in [0.25, 0.3) is 0 Å². The Hall–Kier alpha value is -1.53. The van der Waals surface area contributed by atoms with Crippen LogP contribution in [0.25, 0.3) is 0 Å². The third-order valence-electron chi connectivity index (χ3n) is 2.35. The molecule has 2 N–H and O–H groups in total. The minimum atomic E-state index is -0.398. The van der Waals surface area contributed by atoms with Crippen LogP contribution < -0.4 is 5.73 Å². The number of carbonyl (C=O) groups is 1. The van der Waals surface area contributed by atoms with Crippen molar-refractivity contribution in [2.24, 2.45) is 0 Å². The smallest absolute Gasteiger partial charge is 0.337 e. The normalized spacial score (nSPS) is 10.2. The van der Waals surface area contributed by atoms with E-state index >= 15 is 0 Å². The van der Waals surface area contributed by atoms with Gasteiger partial charge >= 0.3 is 5.97 Å². The fraction of sp³-hybridized carbons (Fsp3) is 0.0769. The zero-order valence-corrected chi connectivity index (χ0v) is 12.5. The van der Waals surface area contributed by atoms with Gasteiger partial charge in [-0.2, -0.15) is 0 Å². The molecule has 2 aromatic rings. The number of hydrogen-bond donors (Lipinski definition) is 1. The summed E-state index contributed by atoms with van der Waals surface area (Å²) in [6.07, 6.45) is 1.72. The van der Waals surface area contributed by atoms with Gasteiger partial charge < -0.3 is 10.5 Å². The lowest BCUT2D eigenvalue weighted by atomic mass is 10.2. The van der Waals surface area contributed by atoms with Crippen molar-refractivity contribution in [1.29, 1.82) is 0 Å². The number of aromatic nitrogens is 1. The molecule has 0 unspecified atom stereocenters. The molecule has 0 saturated carbocycles. The Morgan fingerprint density at radius 3 is 2.74 bits per heavy atom. The molecule has 98 valence electrons. The first kappa shape index (κ1) is 13.9. The van der Waals surface area contributed by atoms with Gasteiger partial charge in [-0.3, -0.25) is 0 Å². The van der Waals surface area contributed by atoms with Crippen molar-refractivity contribution >= 4 is 39.3 Å². The molecule has 0 spiro atoms. The maximum absolute atomic E-state index is 11.4. The van der Waals surface area contributed by atoms with E-state index in [1.54, 1.807) is 24.4 Å². The number of nitrogens with two attached hydrogens (primary N) is 1. The molecule has 1 aromatic heterocycles. The lowest BCUT2D eigenvalue weighted by molar-refractivity contribution is 0.0600. The minimum absolute atomic E-state index is 0.398. The van der Waals surface area contributed by atoms with Crippen molar-refractivity contribution in [3.63, 3.8) is 0 Å². The second kappa shape index (κ2) is 6.08. The SMILES string of the molecule is COC(=O)c1ccc(Sc2ccc(Br)cn2)c(N)c1. The zero-order valence-electron chi connectivity index (χ0n) is 10.1. The number of nitrogens with zero attached hydrogens (tertiary/aromatic N) is 1. The molecule has 0 aliphatic rings. The number of pyridine rings is 1. The van der Waals surface area contributed by atoms with E-state index in [1.807, 2.05) is 12.1 Å². The molecular weight excluding hydrogens is 328 g/mol. The number of esters is 1. The van der Waals surface area contributed by atoms with Gasteiger partial charge in [-0.25, -0.2) is 9.78 Å². The van der Waals surface area contributed by atoms with E-state index in [9.17, 15) is 4.79 Å². The summed E-state index contributed by atoms with van der Waals surface area (Å²) in [4.78, 5) is 16.5. The summed E-state index contributed by atoms with van der Waals surface area (Å²) in [5.74, 6) is -0.398. The Bertz CT molecular complexity index is 602. The predicted molar refractivity (Wildman–Crippen MR) is 78.3 cm³/mol. The van der Waals surface area contributed by atoms with E-state index in [4.69, 9.17) is 5.73 Å². The standard InChI is InChI=1S/C13H11BrN2O2S/c1-18-13(17)8-2-4-11(10(15)6-8)19-12-5-3-9(14)7-16-12/h2-7H,15H2,1H3. The first-order chi connectivity index (χ1) is 9.10. The molecule has 2 rings (SSSR count). The number of rotatable bonds is 3. The number of methoxy groups -OCH3 is 1. The van der Waals surface area contributed by atoms with E-state index in [1.165, 1.54) is 18.9 Å². The summed E-state index contributed by atoms with van der Waals surface area (Å²) in [7, 11) is 1.34. The zero-order chi connectivity index (χ0) is 13.8. The molecule has 4 nitrogen and oxygen atoms in total. The first-order valence-corrected chi connectivity index (χ1v) is 6.98. The van der Waals surface area contributed by atoms with Crippen molar-refractivity contribution < 1.29 is 9.53 Å². The van der Waals surface area contributed by atoms with Gasteiger partial charge in [-0.15, -0.1) is 0 Å². The summed E-state index contributed by atoms with van der Waals surface area (Å²) >= 11 is 4.77. The molecule has 0 radical (unpaired) electrons. The van der Waals surface area contributed by atoms with Gasteiger partial charge in [0.2, 0.25) is 0 Å². The average Bonchev–Trinajstić information content (AvgIpc) is 2.42. The molecule has 0 saturated heterocycles. The lowest BCUT2D eigenvalue weighted by Gasteiger charge is -2.06. The molecule has 19 heavy (non-hydrogen) atoms. The molecule has 0 fully saturated rings. The quantitative estimate of drug-likeness (QED) is 0.686. The fourth-order valence-electron chi connectivity index (χ4n) is 1.42. The Labute approximate surface area is 123 Å². The number of anilines is 1. The maximum Gasteiger partial charge on any atom is 0.337 e. The highest BCUT2D eigenvalue weighted by Gasteiger charge is 2.09. The number of nitrogen functional groups attached to an aromatic ring is 1. The third-order valence-corrected chi connectivity index (χ3v) is 3.86. The van der Waals surface area contributed by atoms with Crippen LogP contribution in [0.5, 0.6) is 0 Å². The third kappa shape index (κ3) is 3.48. The van der Waals surface area contributed by atoms with Crippen LogP contribution in [0.2, 0.25) is 0 Å². The highest BCUT2D eigenvalue weighted by Crippen LogP contribution is 2.31. The lowest BCUT2D eigenvalue weighted by Crippen LogP contribution is -2.02. The van der Waals surface area contributed by atoms with Crippen molar-refractivity contribution in [2.45, 2.75) is 9.92 Å². The van der Waals surface area contributed by atoms with Crippen LogP contribution in [0.4, 0.5) is 5.69 Å². The van der Waals surface area contributed by atoms with Gasteiger partial charge in [0.1, 0.15) is 5.03 Å². The topological polar surface area (TPSA) is 65.2 Å². The number of carbonyl (C=O) groups excluding carboxylic acids is 1. The van der Waals surface area contributed by atoms with Crippen LogP contribution in [0.3, 0.4) is 0 Å². The van der Waals surface area contributed by atoms with Crippen LogP contribution in [-0.4, -0.2) is 18.1 Å². The van der Waals surface area contributed by atoms with Crippen LogP contribution in [0.15, 0.2) is 50.9 Å². The molecule has 6 heteroatoms. The van der Waals surface area contributed by atoms with E-state index in [0.29, 0.717) is 11.3 Å². The Kier molecular flexibility index (Phi) is 4.44. The highest BCUT2D eigenvalue weighted by atomic mass is 79.9. The van der Waals surface area contributed by atoms with Gasteiger partial charge in [0.05, 0.1) is 12.7 Å². The van der Waals surface area contributed by atoms with E-state index in [0.717, 1.165) is 14.4 Å². The predicted octanol–water partition coefficient (Wildman–Crippen LogP) is 3.36. The number of hydrogen-bond acceptors (Lipinski definition) is 5. The number of halogens is 1. The summed E-state index contributed by atoms with van der Waals surface area (Å²) in [5, 5.41) is 0.834. The van der Waals surface area contributed by atoms with Crippen LogP contribution >= 0.6 is 27.7 Å². The van der Waals surface area contributed by atoms with Crippen LogP contribution in [-0.2, 0) is 4.74 Å². The molecule has 0 aliphatic heterocycles. The largest absolute Gasteiger partial charge is 0.465 e. The monoisotopic (exact) mass is 338 g/mol. The fourth-order valence-corrected chi connectivity index (χ4v) is 2.44. The van der Waals surface area contributed by atoms with E-state index in [2.05, 4.69) is 25.7 Å². The molecule has 1 aromatic carbocycles. The van der Waals surface area contributed by atoms with Crippen LogP contribution in [0.1, 0.15) is 10.4 Å². The van der Waals surface area contributed by atoms with E-state index < -0.39 is 5.97 Å². The number of benzene rings is 1. The number of ether oxygens (including phenoxy) is 1. The second-order valence-corrected chi connectivity index (χ2v) is 5.64. The summed E-state index contributed by atoms with van der Waals surface area (Å²) in [6.45, 7) is 0. The van der Waals surface area contributed by atoms with Gasteiger partial charge in [-0.05, 0) is 46.3 Å². The molecule has 0 bridgehead atoms. The summed E-state index contributed by atoms with van der Waals surface area (Å²) < 4.78 is 5.57. The van der Waals surface area contributed by atoms with Crippen molar-refractivity contribution in [3.05, 3.63) is 46.6 Å². The Morgan fingerprint density at radius 1 is 1.37 bits per heavy atom. The Balaban J connectivity index is 2.22. The minimum Gasteiger partial charge on any atom is -0.465 e. The molecule has 1 heterocycles. The van der Waals surface area contributed by atoms with Gasteiger partial charge in [-0.1, -0.05) is 11.8 Å². The Morgan fingerprint density at radius 2 is 2.16 bits per heavy atom.